The van der Waals surface area contributed by atoms with Crippen LogP contribution in [0.15, 0.2) is 0 Å². The predicted octanol–water partition coefficient (Wildman–Crippen LogP) is 3.58. The monoisotopic (exact) mass is 233 g/mol. The van der Waals surface area contributed by atoms with Gasteiger partial charge in [0.25, 0.3) is 0 Å². The van der Waals surface area contributed by atoms with Crippen LogP contribution in [0.2, 0.25) is 0 Å². The van der Waals surface area contributed by atoms with Crippen LogP contribution in [-0.4, -0.2) is 5.54 Å². The van der Waals surface area contributed by atoms with E-state index in [9.17, 15) is 0 Å². The maximum Gasteiger partial charge on any atom is 0.0219 e. The van der Waals surface area contributed by atoms with Gasteiger partial charge in [-0.15, -0.1) is 0 Å². The van der Waals surface area contributed by atoms with Gasteiger partial charge in [-0.1, -0.05) is 19.8 Å². The summed E-state index contributed by atoms with van der Waals surface area (Å²) in [5.74, 6) is 5.79. The van der Waals surface area contributed by atoms with Crippen molar-refractivity contribution in [2.24, 2.45) is 41.2 Å². The summed E-state index contributed by atoms with van der Waals surface area (Å²) in [6.07, 6.45) is 11.8. The summed E-state index contributed by atoms with van der Waals surface area (Å²) >= 11 is 0. The minimum Gasteiger partial charge on any atom is -0.325 e. The zero-order valence-electron chi connectivity index (χ0n) is 11.2. The molecule has 2 N–H and O–H groups in total. The van der Waals surface area contributed by atoms with E-state index in [0.29, 0.717) is 0 Å². The van der Waals surface area contributed by atoms with Gasteiger partial charge >= 0.3 is 0 Å². The lowest BCUT2D eigenvalue weighted by atomic mass is 9.43. The molecule has 0 aromatic rings. The van der Waals surface area contributed by atoms with E-state index >= 15 is 0 Å². The molecule has 0 saturated heterocycles. The van der Waals surface area contributed by atoms with Gasteiger partial charge in [0, 0.05) is 5.54 Å². The fourth-order valence-electron chi connectivity index (χ4n) is 6.50. The molecular formula is C16H27N. The van der Waals surface area contributed by atoms with Gasteiger partial charge in [-0.05, 0) is 74.0 Å². The highest BCUT2D eigenvalue weighted by atomic mass is 14.9. The summed E-state index contributed by atoms with van der Waals surface area (Å²) < 4.78 is 0. The molecule has 0 radical (unpaired) electrons. The van der Waals surface area contributed by atoms with Crippen LogP contribution in [-0.2, 0) is 0 Å². The number of fused-ring (bicyclic) bond motifs is 2. The van der Waals surface area contributed by atoms with Crippen molar-refractivity contribution in [3.8, 4) is 0 Å². The van der Waals surface area contributed by atoms with Gasteiger partial charge in [-0.25, -0.2) is 0 Å². The summed E-state index contributed by atoms with van der Waals surface area (Å²) in [6.45, 7) is 2.40. The Morgan fingerprint density at radius 1 is 1.00 bits per heavy atom. The Labute approximate surface area is 106 Å². The summed E-state index contributed by atoms with van der Waals surface area (Å²) in [5.41, 5.74) is 7.27. The third-order valence-electron chi connectivity index (χ3n) is 7.08. The molecule has 1 nitrogen and oxygen atoms in total. The second-order valence-corrected chi connectivity index (χ2v) is 7.71. The molecule has 4 rings (SSSR count). The standard InChI is InChI=1S/C16H27N/c1-2-12-5-11-6-13-4-3-10-7-14(12)16(17,9-11)15(13)8-10/h10-15H,2-9,17H2,1H3. The molecule has 4 fully saturated rings. The highest BCUT2D eigenvalue weighted by molar-refractivity contribution is 5.13. The molecule has 4 bridgehead atoms. The number of hydrogen-bond donors (Lipinski definition) is 1. The van der Waals surface area contributed by atoms with E-state index in [1.165, 1.54) is 51.4 Å². The molecule has 4 aliphatic carbocycles. The van der Waals surface area contributed by atoms with Crippen LogP contribution in [0.1, 0.15) is 58.3 Å². The zero-order chi connectivity index (χ0) is 11.6. The first kappa shape index (κ1) is 10.8. The molecule has 17 heavy (non-hydrogen) atoms. The molecule has 96 valence electrons. The lowest BCUT2D eigenvalue weighted by Crippen LogP contribution is -2.67. The molecule has 7 atom stereocenters. The maximum atomic E-state index is 7.00. The van der Waals surface area contributed by atoms with Crippen molar-refractivity contribution >= 4 is 0 Å². The molecule has 0 aromatic carbocycles. The maximum absolute atomic E-state index is 7.00. The molecule has 0 spiro atoms. The zero-order valence-corrected chi connectivity index (χ0v) is 11.2. The first-order valence-electron chi connectivity index (χ1n) is 7.99. The van der Waals surface area contributed by atoms with E-state index < -0.39 is 0 Å². The highest BCUT2D eigenvalue weighted by Crippen LogP contribution is 2.62. The Kier molecular flexibility index (Phi) is 2.23. The smallest absolute Gasteiger partial charge is 0.0219 e. The molecule has 7 unspecified atom stereocenters. The first-order chi connectivity index (χ1) is 8.20. The molecule has 1 heteroatoms. The largest absolute Gasteiger partial charge is 0.325 e. The Balaban J connectivity index is 1.76. The van der Waals surface area contributed by atoms with Crippen molar-refractivity contribution in [3.63, 3.8) is 0 Å². The molecular weight excluding hydrogens is 206 g/mol. The molecule has 0 aliphatic heterocycles. The summed E-state index contributed by atoms with van der Waals surface area (Å²) in [4.78, 5) is 0. The van der Waals surface area contributed by atoms with Gasteiger partial charge in [0.1, 0.15) is 0 Å². The van der Waals surface area contributed by atoms with Crippen molar-refractivity contribution in [1.29, 1.82) is 0 Å². The fraction of sp³-hybridized carbons (Fsp3) is 1.00. The van der Waals surface area contributed by atoms with E-state index in [0.717, 1.165) is 35.5 Å². The van der Waals surface area contributed by atoms with Gasteiger partial charge in [0.2, 0.25) is 0 Å². The number of rotatable bonds is 1. The van der Waals surface area contributed by atoms with Crippen LogP contribution < -0.4 is 5.73 Å². The van der Waals surface area contributed by atoms with Crippen LogP contribution in [0.5, 0.6) is 0 Å². The van der Waals surface area contributed by atoms with E-state index in [2.05, 4.69) is 6.92 Å². The first-order valence-corrected chi connectivity index (χ1v) is 7.99. The van der Waals surface area contributed by atoms with Crippen molar-refractivity contribution in [2.75, 3.05) is 0 Å². The lowest BCUT2D eigenvalue weighted by Gasteiger charge is -2.64. The van der Waals surface area contributed by atoms with Gasteiger partial charge < -0.3 is 5.73 Å². The number of nitrogens with two attached hydrogens (primary N) is 1. The minimum absolute atomic E-state index is 0.267. The van der Waals surface area contributed by atoms with E-state index in [1.54, 1.807) is 0 Å². The van der Waals surface area contributed by atoms with Crippen LogP contribution in [0, 0.1) is 35.5 Å². The van der Waals surface area contributed by atoms with Crippen LogP contribution in [0.4, 0.5) is 0 Å². The average molecular weight is 233 g/mol. The topological polar surface area (TPSA) is 26.0 Å². The van der Waals surface area contributed by atoms with E-state index in [-0.39, 0.29) is 5.54 Å². The second kappa shape index (κ2) is 3.50. The van der Waals surface area contributed by atoms with Gasteiger partial charge in [0.05, 0.1) is 0 Å². The molecule has 0 aromatic heterocycles. The molecule has 4 aliphatic rings. The molecule has 0 heterocycles. The quantitative estimate of drug-likeness (QED) is 0.736. The minimum atomic E-state index is 0.267. The van der Waals surface area contributed by atoms with Crippen molar-refractivity contribution in [2.45, 2.75) is 63.8 Å². The SMILES string of the molecule is CCC1CC2CC3CCC4CC1C(N)(C2)C3C4. The van der Waals surface area contributed by atoms with Crippen LogP contribution in [0.25, 0.3) is 0 Å². The van der Waals surface area contributed by atoms with Gasteiger partial charge in [-0.2, -0.15) is 0 Å². The van der Waals surface area contributed by atoms with E-state index in [4.69, 9.17) is 5.73 Å². The summed E-state index contributed by atoms with van der Waals surface area (Å²) in [6, 6.07) is 0. The van der Waals surface area contributed by atoms with Crippen LogP contribution >= 0.6 is 0 Å². The van der Waals surface area contributed by atoms with Gasteiger partial charge in [-0.3, -0.25) is 0 Å². The van der Waals surface area contributed by atoms with Crippen LogP contribution in [0.3, 0.4) is 0 Å². The predicted molar refractivity (Wildman–Crippen MR) is 70.5 cm³/mol. The summed E-state index contributed by atoms with van der Waals surface area (Å²) in [5, 5.41) is 0. The lowest BCUT2D eigenvalue weighted by molar-refractivity contribution is -0.109. The summed E-state index contributed by atoms with van der Waals surface area (Å²) in [7, 11) is 0. The van der Waals surface area contributed by atoms with Crippen molar-refractivity contribution < 1.29 is 0 Å². The Morgan fingerprint density at radius 3 is 2.65 bits per heavy atom. The average Bonchev–Trinajstić information content (AvgIpc) is 2.35. The van der Waals surface area contributed by atoms with E-state index in [1.807, 2.05) is 0 Å². The third kappa shape index (κ3) is 1.35. The highest BCUT2D eigenvalue weighted by Gasteiger charge is 2.59. The Morgan fingerprint density at radius 2 is 1.82 bits per heavy atom. The van der Waals surface area contributed by atoms with Gasteiger partial charge in [0.15, 0.2) is 0 Å². The molecule has 0 amide bonds. The second-order valence-electron chi connectivity index (χ2n) is 7.71. The Hall–Kier alpha value is -0.0400. The fourth-order valence-corrected chi connectivity index (χ4v) is 6.50. The Bertz CT molecular complexity index is 323. The normalized spacial score (nSPS) is 60.4. The van der Waals surface area contributed by atoms with Crippen molar-refractivity contribution in [3.05, 3.63) is 0 Å². The molecule has 4 saturated carbocycles. The number of hydrogen-bond acceptors (Lipinski definition) is 1. The van der Waals surface area contributed by atoms with Crippen molar-refractivity contribution in [1.82, 2.24) is 0 Å². The third-order valence-corrected chi connectivity index (χ3v) is 7.08.